The number of nitrogens with one attached hydrogen (secondary N) is 1. The molecule has 0 spiro atoms. The number of hydrogen-bond donors (Lipinski definition) is 1. The Bertz CT molecular complexity index is 1200. The first-order valence-corrected chi connectivity index (χ1v) is 11.6. The molecule has 2 heterocycles. The van der Waals surface area contributed by atoms with Crippen molar-refractivity contribution in [2.45, 2.75) is 33.4 Å². The molecule has 0 saturated carbocycles. The maximum Gasteiger partial charge on any atom is 0.416 e. The zero-order valence-corrected chi connectivity index (χ0v) is 20.0. The normalized spacial score (nSPS) is 14.2. The van der Waals surface area contributed by atoms with E-state index < -0.39 is 11.7 Å². The number of urea groups is 1. The standard InChI is InChI=1S/C26H28F3N5O/c1-4-21-18(3)30-23(19-9-11-20(12-10-19)26(27,28)29)32-24(21)33-13-15-34(16-14-33)25(35)31-22-8-6-5-7-17(22)2/h5-12H,4,13-16H2,1-3H3,(H,31,35). The van der Waals surface area contributed by atoms with E-state index in [9.17, 15) is 18.0 Å². The maximum absolute atomic E-state index is 13.0. The predicted molar refractivity (Wildman–Crippen MR) is 131 cm³/mol. The molecule has 184 valence electrons. The number of para-hydroxylation sites is 1. The summed E-state index contributed by atoms with van der Waals surface area (Å²) in [5.74, 6) is 1.16. The zero-order valence-electron chi connectivity index (χ0n) is 20.0. The molecule has 0 atom stereocenters. The number of carbonyl (C=O) groups is 1. The Morgan fingerprint density at radius 3 is 2.23 bits per heavy atom. The Balaban J connectivity index is 1.51. The van der Waals surface area contributed by atoms with Crippen LogP contribution in [0.2, 0.25) is 0 Å². The predicted octanol–water partition coefficient (Wildman–Crippen LogP) is 5.70. The quantitative estimate of drug-likeness (QED) is 0.518. The van der Waals surface area contributed by atoms with Crippen molar-refractivity contribution in [2.24, 2.45) is 0 Å². The van der Waals surface area contributed by atoms with E-state index in [0.717, 1.165) is 46.9 Å². The van der Waals surface area contributed by atoms with Gasteiger partial charge in [0.05, 0.1) is 5.56 Å². The molecule has 1 aliphatic heterocycles. The number of amides is 2. The number of anilines is 2. The summed E-state index contributed by atoms with van der Waals surface area (Å²) in [6.45, 7) is 8.11. The van der Waals surface area contributed by atoms with Gasteiger partial charge < -0.3 is 15.1 Å². The minimum Gasteiger partial charge on any atom is -0.353 e. The number of alkyl halides is 3. The second kappa shape index (κ2) is 9.93. The van der Waals surface area contributed by atoms with Crippen molar-refractivity contribution in [1.29, 1.82) is 0 Å². The van der Waals surface area contributed by atoms with Gasteiger partial charge in [-0.15, -0.1) is 0 Å². The number of carbonyl (C=O) groups excluding carboxylic acids is 1. The van der Waals surface area contributed by atoms with Gasteiger partial charge in [-0.1, -0.05) is 37.3 Å². The van der Waals surface area contributed by atoms with E-state index >= 15 is 0 Å². The van der Waals surface area contributed by atoms with Gasteiger partial charge in [-0.2, -0.15) is 13.2 Å². The van der Waals surface area contributed by atoms with Gasteiger partial charge in [0.2, 0.25) is 0 Å². The fraction of sp³-hybridized carbons (Fsp3) is 0.346. The molecule has 1 saturated heterocycles. The third kappa shape index (κ3) is 5.39. The monoisotopic (exact) mass is 483 g/mol. The van der Waals surface area contributed by atoms with Crippen molar-refractivity contribution in [3.8, 4) is 11.4 Å². The first-order chi connectivity index (χ1) is 16.7. The van der Waals surface area contributed by atoms with E-state index in [4.69, 9.17) is 4.98 Å². The Kier molecular flexibility index (Phi) is 6.95. The molecule has 1 N–H and O–H groups in total. The van der Waals surface area contributed by atoms with E-state index in [1.807, 2.05) is 45.0 Å². The van der Waals surface area contributed by atoms with E-state index in [1.54, 1.807) is 4.90 Å². The number of nitrogens with zero attached hydrogens (tertiary/aromatic N) is 4. The van der Waals surface area contributed by atoms with Gasteiger partial charge in [-0.25, -0.2) is 14.8 Å². The third-order valence-corrected chi connectivity index (χ3v) is 6.27. The van der Waals surface area contributed by atoms with Crippen molar-refractivity contribution in [3.63, 3.8) is 0 Å². The lowest BCUT2D eigenvalue weighted by Crippen LogP contribution is -2.50. The molecule has 6 nitrogen and oxygen atoms in total. The van der Waals surface area contributed by atoms with E-state index in [1.165, 1.54) is 12.1 Å². The zero-order chi connectivity index (χ0) is 25.2. The van der Waals surface area contributed by atoms with Gasteiger partial charge in [0.1, 0.15) is 5.82 Å². The first kappa shape index (κ1) is 24.5. The highest BCUT2D eigenvalue weighted by Crippen LogP contribution is 2.31. The Labute approximate surface area is 202 Å². The smallest absolute Gasteiger partial charge is 0.353 e. The van der Waals surface area contributed by atoms with Crippen molar-refractivity contribution >= 4 is 17.5 Å². The summed E-state index contributed by atoms with van der Waals surface area (Å²) in [6.07, 6.45) is -3.67. The summed E-state index contributed by atoms with van der Waals surface area (Å²) < 4.78 is 38.9. The average molecular weight is 484 g/mol. The van der Waals surface area contributed by atoms with Crippen molar-refractivity contribution in [1.82, 2.24) is 14.9 Å². The van der Waals surface area contributed by atoms with Gasteiger partial charge >= 0.3 is 12.2 Å². The van der Waals surface area contributed by atoms with Crippen LogP contribution >= 0.6 is 0 Å². The molecule has 0 unspecified atom stereocenters. The van der Waals surface area contributed by atoms with Crippen molar-refractivity contribution < 1.29 is 18.0 Å². The molecule has 2 amide bonds. The topological polar surface area (TPSA) is 61.4 Å². The second-order valence-corrected chi connectivity index (χ2v) is 8.58. The Morgan fingerprint density at radius 1 is 0.971 bits per heavy atom. The SMILES string of the molecule is CCc1c(C)nc(-c2ccc(C(F)(F)F)cc2)nc1N1CCN(C(=O)Nc2ccccc2C)CC1. The van der Waals surface area contributed by atoms with Crippen LogP contribution in [0.3, 0.4) is 0 Å². The fourth-order valence-electron chi connectivity index (χ4n) is 4.22. The molecule has 9 heteroatoms. The van der Waals surface area contributed by atoms with E-state index in [2.05, 4.69) is 15.2 Å². The molecule has 2 aromatic carbocycles. The van der Waals surface area contributed by atoms with Crippen molar-refractivity contribution in [2.75, 3.05) is 36.4 Å². The van der Waals surface area contributed by atoms with Crippen molar-refractivity contribution in [3.05, 3.63) is 70.9 Å². The molecule has 3 aromatic rings. The van der Waals surface area contributed by atoms with Gasteiger partial charge in [0, 0.05) is 48.7 Å². The molecular weight excluding hydrogens is 455 g/mol. The van der Waals surface area contributed by atoms with Gasteiger partial charge in [-0.05, 0) is 44.0 Å². The molecule has 0 radical (unpaired) electrons. The minimum atomic E-state index is -4.39. The first-order valence-electron chi connectivity index (χ1n) is 11.6. The van der Waals surface area contributed by atoms with Crippen LogP contribution in [0.5, 0.6) is 0 Å². The Hall–Kier alpha value is -3.62. The molecule has 4 rings (SSSR count). The number of aromatic nitrogens is 2. The van der Waals surface area contributed by atoms with Crippen LogP contribution in [0.4, 0.5) is 29.5 Å². The van der Waals surface area contributed by atoms with Crippen LogP contribution in [0.1, 0.15) is 29.3 Å². The summed E-state index contributed by atoms with van der Waals surface area (Å²) in [7, 11) is 0. The highest BCUT2D eigenvalue weighted by atomic mass is 19.4. The summed E-state index contributed by atoms with van der Waals surface area (Å²) in [4.78, 5) is 26.0. The summed E-state index contributed by atoms with van der Waals surface area (Å²) >= 11 is 0. The average Bonchev–Trinajstić information content (AvgIpc) is 2.84. The third-order valence-electron chi connectivity index (χ3n) is 6.27. The van der Waals surface area contributed by atoms with E-state index in [-0.39, 0.29) is 6.03 Å². The lowest BCUT2D eigenvalue weighted by molar-refractivity contribution is -0.137. The summed E-state index contributed by atoms with van der Waals surface area (Å²) in [5.41, 5.74) is 3.41. The van der Waals surface area contributed by atoms with Crippen LogP contribution < -0.4 is 10.2 Å². The van der Waals surface area contributed by atoms with Crippen LogP contribution in [0, 0.1) is 13.8 Å². The van der Waals surface area contributed by atoms with Gasteiger partial charge in [0.15, 0.2) is 5.82 Å². The van der Waals surface area contributed by atoms with Gasteiger partial charge in [0.25, 0.3) is 0 Å². The molecule has 35 heavy (non-hydrogen) atoms. The molecule has 0 bridgehead atoms. The molecule has 1 aromatic heterocycles. The number of rotatable bonds is 4. The molecule has 1 fully saturated rings. The number of benzene rings is 2. The van der Waals surface area contributed by atoms with Crippen LogP contribution in [-0.4, -0.2) is 47.1 Å². The summed E-state index contributed by atoms with van der Waals surface area (Å²) in [6, 6.07) is 12.4. The lowest BCUT2D eigenvalue weighted by Gasteiger charge is -2.36. The second-order valence-electron chi connectivity index (χ2n) is 8.58. The van der Waals surface area contributed by atoms with Gasteiger partial charge in [-0.3, -0.25) is 0 Å². The van der Waals surface area contributed by atoms with Crippen LogP contribution in [0.15, 0.2) is 48.5 Å². The highest BCUT2D eigenvalue weighted by molar-refractivity contribution is 5.90. The minimum absolute atomic E-state index is 0.140. The Morgan fingerprint density at radius 2 is 1.63 bits per heavy atom. The highest BCUT2D eigenvalue weighted by Gasteiger charge is 2.30. The van der Waals surface area contributed by atoms with Crippen LogP contribution in [-0.2, 0) is 12.6 Å². The fourth-order valence-corrected chi connectivity index (χ4v) is 4.22. The van der Waals surface area contributed by atoms with Crippen LogP contribution in [0.25, 0.3) is 11.4 Å². The maximum atomic E-state index is 13.0. The lowest BCUT2D eigenvalue weighted by atomic mass is 10.1. The number of halogens is 3. The summed E-state index contributed by atoms with van der Waals surface area (Å²) in [5, 5.41) is 2.97. The number of hydrogen-bond acceptors (Lipinski definition) is 4. The number of piperazine rings is 1. The molecular formula is C26H28F3N5O. The molecule has 0 aliphatic carbocycles. The number of aryl methyl sites for hydroxylation is 2. The van der Waals surface area contributed by atoms with E-state index in [0.29, 0.717) is 37.6 Å². The largest absolute Gasteiger partial charge is 0.416 e. The molecule has 1 aliphatic rings.